The van der Waals surface area contributed by atoms with Crippen LogP contribution in [0, 0.1) is 5.92 Å². The van der Waals surface area contributed by atoms with Crippen molar-refractivity contribution in [1.82, 2.24) is 19.7 Å². The van der Waals surface area contributed by atoms with Gasteiger partial charge in [0.15, 0.2) is 28.2 Å². The number of carbonyl (C=O) groups excluding carboxylic acids is 2. The van der Waals surface area contributed by atoms with Gasteiger partial charge in [0.2, 0.25) is 18.6 Å². The average molecular weight is 484 g/mol. The van der Waals surface area contributed by atoms with Crippen LogP contribution in [0.3, 0.4) is 0 Å². The third-order valence-corrected chi connectivity index (χ3v) is 6.91. The summed E-state index contributed by atoms with van der Waals surface area (Å²) in [6, 6.07) is 8.99. The molecule has 5 rings (SSSR count). The number of amides is 2. The van der Waals surface area contributed by atoms with Gasteiger partial charge in [-0.1, -0.05) is 11.8 Å². The number of hydrogen-bond acceptors (Lipinski definition) is 8. The van der Waals surface area contributed by atoms with Crippen molar-refractivity contribution < 1.29 is 23.5 Å². The number of piperidine rings is 1. The lowest BCUT2D eigenvalue weighted by atomic mass is 9.96. The first-order chi connectivity index (χ1) is 16.6. The zero-order chi connectivity index (χ0) is 23.5. The van der Waals surface area contributed by atoms with Crippen LogP contribution in [0.15, 0.2) is 46.2 Å². The average Bonchev–Trinajstić information content (AvgIpc) is 3.62. The topological polar surface area (TPSA) is 112 Å². The van der Waals surface area contributed by atoms with Crippen molar-refractivity contribution in [2.45, 2.75) is 31.5 Å². The number of likely N-dealkylation sites (tertiary alicyclic amines) is 1. The second-order valence-corrected chi connectivity index (χ2v) is 8.97. The fourth-order valence-corrected chi connectivity index (χ4v) is 5.00. The van der Waals surface area contributed by atoms with Gasteiger partial charge in [-0.05, 0) is 44.0 Å². The molecular weight excluding hydrogens is 458 g/mol. The highest BCUT2D eigenvalue weighted by molar-refractivity contribution is 7.99. The third-order valence-electron chi connectivity index (χ3n) is 5.96. The second kappa shape index (κ2) is 9.80. The van der Waals surface area contributed by atoms with Gasteiger partial charge in [0.25, 0.3) is 0 Å². The lowest BCUT2D eigenvalue weighted by Crippen LogP contribution is -2.42. The predicted molar refractivity (Wildman–Crippen MR) is 125 cm³/mol. The molecule has 4 heterocycles. The molecule has 1 N–H and O–H groups in total. The van der Waals surface area contributed by atoms with E-state index in [9.17, 15) is 9.59 Å². The number of anilines is 1. The molecule has 0 aliphatic carbocycles. The number of fused-ring (bicyclic) bond motifs is 1. The van der Waals surface area contributed by atoms with Gasteiger partial charge in [0.1, 0.15) is 0 Å². The van der Waals surface area contributed by atoms with Gasteiger partial charge >= 0.3 is 0 Å². The maximum absolute atomic E-state index is 12.8. The van der Waals surface area contributed by atoms with E-state index >= 15 is 0 Å². The smallest absolute Gasteiger partial charge is 0.233 e. The number of nitrogens with zero attached hydrogens (tertiary/aromatic N) is 4. The highest BCUT2D eigenvalue weighted by Gasteiger charge is 2.28. The molecule has 2 aromatic heterocycles. The highest BCUT2D eigenvalue weighted by Crippen LogP contribution is 2.34. The van der Waals surface area contributed by atoms with Gasteiger partial charge in [0.05, 0.1) is 12.0 Å². The maximum atomic E-state index is 12.8. The van der Waals surface area contributed by atoms with E-state index in [0.29, 0.717) is 66.4 Å². The standard InChI is InChI=1S/C23H25N5O5S/c1-2-28-21(18-4-3-11-31-18)25-26-23(28)34-13-20(29)27-9-7-15(8-10-27)22(30)24-16-5-6-17-19(12-16)33-14-32-17/h3-6,11-12,15H,2,7-10,13-14H2,1H3,(H,24,30). The van der Waals surface area contributed by atoms with E-state index in [0.717, 1.165) is 0 Å². The SMILES string of the molecule is CCn1c(SCC(=O)N2CCC(C(=O)Nc3ccc4c(c3)OCO4)CC2)nnc1-c1ccco1. The minimum atomic E-state index is -0.138. The van der Waals surface area contributed by atoms with Crippen molar-refractivity contribution in [3.05, 3.63) is 36.6 Å². The number of hydrogen-bond donors (Lipinski definition) is 1. The first-order valence-corrected chi connectivity index (χ1v) is 12.2. The number of thioether (sulfide) groups is 1. The second-order valence-electron chi connectivity index (χ2n) is 8.03. The minimum Gasteiger partial charge on any atom is -0.461 e. The molecule has 0 spiro atoms. The molecule has 0 radical (unpaired) electrons. The highest BCUT2D eigenvalue weighted by atomic mass is 32.2. The Balaban J connectivity index is 1.11. The van der Waals surface area contributed by atoms with Crippen LogP contribution in [0.25, 0.3) is 11.6 Å². The molecule has 2 amide bonds. The zero-order valence-corrected chi connectivity index (χ0v) is 19.5. The van der Waals surface area contributed by atoms with Crippen LogP contribution < -0.4 is 14.8 Å². The van der Waals surface area contributed by atoms with Crippen molar-refractivity contribution >= 4 is 29.3 Å². The van der Waals surface area contributed by atoms with E-state index < -0.39 is 0 Å². The van der Waals surface area contributed by atoms with Gasteiger partial charge < -0.3 is 24.1 Å². The molecule has 2 aliphatic rings. The van der Waals surface area contributed by atoms with Gasteiger partial charge in [-0.2, -0.15) is 0 Å². The molecule has 34 heavy (non-hydrogen) atoms. The summed E-state index contributed by atoms with van der Waals surface area (Å²) < 4.78 is 18.0. The Hall–Kier alpha value is -3.47. The Bertz CT molecular complexity index is 1170. The Labute approximate surface area is 200 Å². The number of nitrogens with one attached hydrogen (secondary N) is 1. The molecule has 0 bridgehead atoms. The molecule has 11 heteroatoms. The maximum Gasteiger partial charge on any atom is 0.233 e. The Kier molecular flexibility index (Phi) is 6.43. The molecule has 2 aliphatic heterocycles. The fraction of sp³-hybridized carbons (Fsp3) is 0.391. The van der Waals surface area contributed by atoms with Crippen LogP contribution in [0.5, 0.6) is 11.5 Å². The predicted octanol–water partition coefficient (Wildman–Crippen LogP) is 3.26. The van der Waals surface area contributed by atoms with E-state index in [1.807, 2.05) is 22.5 Å². The van der Waals surface area contributed by atoms with Crippen molar-refractivity contribution in [3.8, 4) is 23.1 Å². The monoisotopic (exact) mass is 483 g/mol. The van der Waals surface area contributed by atoms with Crippen molar-refractivity contribution in [1.29, 1.82) is 0 Å². The molecule has 0 saturated carbocycles. The minimum absolute atomic E-state index is 0.0323. The third kappa shape index (κ3) is 4.60. The van der Waals surface area contributed by atoms with E-state index in [1.54, 1.807) is 30.5 Å². The molecule has 10 nitrogen and oxygen atoms in total. The Morgan fingerprint density at radius 2 is 1.97 bits per heavy atom. The van der Waals surface area contributed by atoms with E-state index in [4.69, 9.17) is 13.9 Å². The summed E-state index contributed by atoms with van der Waals surface area (Å²) in [7, 11) is 0. The van der Waals surface area contributed by atoms with E-state index in [1.165, 1.54) is 11.8 Å². The van der Waals surface area contributed by atoms with Crippen molar-refractivity contribution in [2.75, 3.05) is 31.0 Å². The first-order valence-electron chi connectivity index (χ1n) is 11.2. The quantitative estimate of drug-likeness (QED) is 0.510. The van der Waals surface area contributed by atoms with Crippen molar-refractivity contribution in [3.63, 3.8) is 0 Å². The van der Waals surface area contributed by atoms with Crippen LogP contribution in [-0.2, 0) is 16.1 Å². The molecule has 1 fully saturated rings. The molecule has 3 aromatic rings. The number of ether oxygens (including phenoxy) is 2. The summed E-state index contributed by atoms with van der Waals surface area (Å²) in [6.45, 7) is 3.97. The van der Waals surface area contributed by atoms with Crippen LogP contribution in [0.4, 0.5) is 5.69 Å². The van der Waals surface area contributed by atoms with E-state index in [-0.39, 0.29) is 30.3 Å². The van der Waals surface area contributed by atoms with Gasteiger partial charge in [-0.25, -0.2) is 0 Å². The summed E-state index contributed by atoms with van der Waals surface area (Å²) in [5.41, 5.74) is 0.679. The molecule has 0 atom stereocenters. The Morgan fingerprint density at radius 3 is 2.74 bits per heavy atom. The van der Waals surface area contributed by atoms with Crippen LogP contribution >= 0.6 is 11.8 Å². The van der Waals surface area contributed by atoms with E-state index in [2.05, 4.69) is 15.5 Å². The molecule has 0 unspecified atom stereocenters. The lowest BCUT2D eigenvalue weighted by Gasteiger charge is -2.31. The normalized spacial score (nSPS) is 15.5. The number of aromatic nitrogens is 3. The summed E-state index contributed by atoms with van der Waals surface area (Å²) >= 11 is 1.37. The summed E-state index contributed by atoms with van der Waals surface area (Å²) in [5, 5.41) is 12.1. The van der Waals surface area contributed by atoms with Crippen molar-refractivity contribution in [2.24, 2.45) is 5.92 Å². The van der Waals surface area contributed by atoms with Crippen LogP contribution in [0.2, 0.25) is 0 Å². The molecule has 1 saturated heterocycles. The molecule has 1 aromatic carbocycles. The fourth-order valence-electron chi connectivity index (χ4n) is 4.10. The molecular formula is C23H25N5O5S. The van der Waals surface area contributed by atoms with Crippen LogP contribution in [0.1, 0.15) is 19.8 Å². The lowest BCUT2D eigenvalue weighted by molar-refractivity contribution is -0.132. The van der Waals surface area contributed by atoms with Gasteiger partial charge in [-0.3, -0.25) is 14.2 Å². The largest absolute Gasteiger partial charge is 0.461 e. The van der Waals surface area contributed by atoms with Gasteiger partial charge in [-0.15, -0.1) is 10.2 Å². The number of carbonyl (C=O) groups is 2. The number of benzene rings is 1. The first kappa shape index (κ1) is 22.3. The summed E-state index contributed by atoms with van der Waals surface area (Å²) in [4.78, 5) is 27.3. The van der Waals surface area contributed by atoms with Gasteiger partial charge in [0, 0.05) is 37.3 Å². The Morgan fingerprint density at radius 1 is 1.15 bits per heavy atom. The summed E-state index contributed by atoms with van der Waals surface area (Å²) in [6.07, 6.45) is 2.85. The molecule has 178 valence electrons. The number of rotatable bonds is 7. The van der Waals surface area contributed by atoms with Crippen LogP contribution in [-0.4, -0.2) is 57.1 Å². The summed E-state index contributed by atoms with van der Waals surface area (Å²) in [5.74, 6) is 2.73. The number of furan rings is 1. The zero-order valence-electron chi connectivity index (χ0n) is 18.7.